The normalized spacial score (nSPS) is 19.2. The Balaban J connectivity index is 1.52. The van der Waals surface area contributed by atoms with E-state index in [1.54, 1.807) is 0 Å². The zero-order valence-electron chi connectivity index (χ0n) is 16.9. The zero-order chi connectivity index (χ0) is 24.6. The molecular formula is C21H18F7NO3S. The van der Waals surface area contributed by atoms with Crippen molar-refractivity contribution in [1.29, 1.82) is 0 Å². The predicted octanol–water partition coefficient (Wildman–Crippen LogP) is 5.72. The van der Waals surface area contributed by atoms with Gasteiger partial charge in [0.2, 0.25) is 0 Å². The summed E-state index contributed by atoms with van der Waals surface area (Å²) in [5.41, 5.74) is -2.46. The van der Waals surface area contributed by atoms with E-state index in [-0.39, 0.29) is 30.0 Å². The van der Waals surface area contributed by atoms with E-state index in [4.69, 9.17) is 0 Å². The standard InChI is InChI=1S/C21H18F7NO3S/c22-16-7-15(21(26,27)28)8-17(9-16)33(31,32)11-13-5-12(6-13)1-4-19(30)18-3-2-14(10-29-18)20(23,24)25/h2-3,7-10,12-13H,1,4-6,11H2. The fourth-order valence-electron chi connectivity index (χ4n) is 3.75. The summed E-state index contributed by atoms with van der Waals surface area (Å²) in [5.74, 6) is -2.55. The van der Waals surface area contributed by atoms with Crippen LogP contribution in [0.1, 0.15) is 47.3 Å². The lowest BCUT2D eigenvalue weighted by Gasteiger charge is -2.35. The van der Waals surface area contributed by atoms with Crippen molar-refractivity contribution in [1.82, 2.24) is 4.98 Å². The molecule has 0 aliphatic heterocycles. The Bertz CT molecular complexity index is 1120. The van der Waals surface area contributed by atoms with E-state index in [1.165, 1.54) is 0 Å². The van der Waals surface area contributed by atoms with Crippen LogP contribution in [0.25, 0.3) is 0 Å². The lowest BCUT2D eigenvalue weighted by molar-refractivity contribution is -0.138. The van der Waals surface area contributed by atoms with E-state index in [1.807, 2.05) is 0 Å². The number of hydrogen-bond donors (Lipinski definition) is 0. The quantitative estimate of drug-likeness (QED) is 0.363. The van der Waals surface area contributed by atoms with Crippen LogP contribution < -0.4 is 0 Å². The van der Waals surface area contributed by atoms with Crippen molar-refractivity contribution in [2.75, 3.05) is 5.75 Å². The number of carbonyl (C=O) groups excluding carboxylic acids is 1. The van der Waals surface area contributed by atoms with Gasteiger partial charge in [-0.3, -0.25) is 9.78 Å². The second-order valence-corrected chi connectivity index (χ2v) is 10.1. The van der Waals surface area contributed by atoms with Gasteiger partial charge in [-0.2, -0.15) is 26.3 Å². The first kappa shape index (κ1) is 25.1. The third-order valence-electron chi connectivity index (χ3n) is 5.50. The van der Waals surface area contributed by atoms with Gasteiger partial charge in [0.15, 0.2) is 15.6 Å². The number of halogens is 7. The second kappa shape index (κ2) is 9.03. The van der Waals surface area contributed by atoms with E-state index in [0.717, 1.165) is 12.1 Å². The van der Waals surface area contributed by atoms with Crippen LogP contribution in [0.2, 0.25) is 0 Å². The average molecular weight is 497 g/mol. The van der Waals surface area contributed by atoms with Crippen LogP contribution in [0.4, 0.5) is 30.7 Å². The van der Waals surface area contributed by atoms with Gasteiger partial charge < -0.3 is 0 Å². The van der Waals surface area contributed by atoms with Crippen molar-refractivity contribution in [3.8, 4) is 0 Å². The molecule has 2 aromatic rings. The van der Waals surface area contributed by atoms with Gasteiger partial charge in [0.1, 0.15) is 11.5 Å². The van der Waals surface area contributed by atoms with Gasteiger partial charge in [0.05, 0.1) is 21.8 Å². The molecule has 1 fully saturated rings. The highest BCUT2D eigenvalue weighted by atomic mass is 32.2. The molecular weight excluding hydrogens is 479 g/mol. The first-order valence-corrected chi connectivity index (χ1v) is 11.5. The average Bonchev–Trinajstić information content (AvgIpc) is 2.67. The molecule has 1 aromatic carbocycles. The minimum absolute atomic E-state index is 0.0122. The highest BCUT2D eigenvalue weighted by molar-refractivity contribution is 7.91. The van der Waals surface area contributed by atoms with Crippen LogP contribution in [0.5, 0.6) is 0 Å². The lowest BCUT2D eigenvalue weighted by atomic mass is 9.73. The van der Waals surface area contributed by atoms with Crippen LogP contribution in [-0.4, -0.2) is 24.9 Å². The maximum atomic E-state index is 13.5. The summed E-state index contributed by atoms with van der Waals surface area (Å²) in [5, 5.41) is 0. The van der Waals surface area contributed by atoms with Crippen molar-refractivity contribution < 1.29 is 43.9 Å². The van der Waals surface area contributed by atoms with Gasteiger partial charge in [-0.1, -0.05) is 0 Å². The molecule has 0 saturated heterocycles. The molecule has 4 nitrogen and oxygen atoms in total. The third-order valence-corrected chi connectivity index (χ3v) is 7.37. The van der Waals surface area contributed by atoms with E-state index < -0.39 is 55.6 Å². The third kappa shape index (κ3) is 6.30. The fourth-order valence-corrected chi connectivity index (χ4v) is 5.43. The topological polar surface area (TPSA) is 64.1 Å². The number of pyridine rings is 1. The molecule has 1 aromatic heterocycles. The summed E-state index contributed by atoms with van der Waals surface area (Å²) in [4.78, 5) is 14.9. The molecule has 3 rings (SSSR count). The molecule has 0 bridgehead atoms. The van der Waals surface area contributed by atoms with Crippen molar-refractivity contribution in [2.24, 2.45) is 11.8 Å². The van der Waals surface area contributed by atoms with Crippen molar-refractivity contribution >= 4 is 15.6 Å². The smallest absolute Gasteiger partial charge is 0.292 e. The largest absolute Gasteiger partial charge is 0.417 e. The number of alkyl halides is 6. The monoisotopic (exact) mass is 497 g/mol. The van der Waals surface area contributed by atoms with Crippen molar-refractivity contribution in [3.05, 3.63) is 59.2 Å². The Morgan fingerprint density at radius 2 is 1.58 bits per heavy atom. The number of benzene rings is 1. The van der Waals surface area contributed by atoms with Crippen LogP contribution in [0.3, 0.4) is 0 Å². The first-order chi connectivity index (χ1) is 15.1. The summed E-state index contributed by atoms with van der Waals surface area (Å²) in [6.45, 7) is 0. The molecule has 0 spiro atoms. The first-order valence-electron chi connectivity index (χ1n) is 9.82. The van der Waals surface area contributed by atoms with Gasteiger partial charge in [-0.15, -0.1) is 0 Å². The maximum Gasteiger partial charge on any atom is 0.417 e. The summed E-state index contributed by atoms with van der Waals surface area (Å²) >= 11 is 0. The van der Waals surface area contributed by atoms with Gasteiger partial charge in [-0.25, -0.2) is 12.8 Å². The number of rotatable bonds is 7. The molecule has 0 radical (unpaired) electrons. The van der Waals surface area contributed by atoms with Gasteiger partial charge in [-0.05, 0) is 61.4 Å². The summed E-state index contributed by atoms with van der Waals surface area (Å²) in [7, 11) is -4.15. The minimum atomic E-state index is -4.89. The molecule has 1 saturated carbocycles. The number of carbonyl (C=O) groups is 1. The molecule has 12 heteroatoms. The predicted molar refractivity (Wildman–Crippen MR) is 102 cm³/mol. The Morgan fingerprint density at radius 3 is 2.12 bits per heavy atom. The summed E-state index contributed by atoms with van der Waals surface area (Å²) < 4.78 is 115. The van der Waals surface area contributed by atoms with E-state index in [0.29, 0.717) is 37.6 Å². The zero-order valence-corrected chi connectivity index (χ0v) is 17.7. The molecule has 1 heterocycles. The number of Topliss-reactive ketones (excluding diaryl/α,β-unsaturated/α-hetero) is 1. The lowest BCUT2D eigenvalue weighted by Crippen LogP contribution is -2.30. The summed E-state index contributed by atoms with van der Waals surface area (Å²) in [6, 6.07) is 2.94. The Morgan fingerprint density at radius 1 is 0.939 bits per heavy atom. The summed E-state index contributed by atoms with van der Waals surface area (Å²) in [6.07, 6.45) is -7.66. The Kier molecular flexibility index (Phi) is 6.88. The van der Waals surface area contributed by atoms with Gasteiger partial charge in [0.25, 0.3) is 0 Å². The molecule has 33 heavy (non-hydrogen) atoms. The van der Waals surface area contributed by atoms with Gasteiger partial charge >= 0.3 is 12.4 Å². The maximum absolute atomic E-state index is 13.5. The number of nitrogens with zero attached hydrogens (tertiary/aromatic N) is 1. The van der Waals surface area contributed by atoms with Crippen LogP contribution in [0, 0.1) is 17.7 Å². The number of aromatic nitrogens is 1. The molecule has 1 aliphatic carbocycles. The number of ketones is 1. The fraction of sp³-hybridized carbons (Fsp3) is 0.429. The molecule has 0 atom stereocenters. The highest BCUT2D eigenvalue weighted by Crippen LogP contribution is 2.39. The second-order valence-electron chi connectivity index (χ2n) is 8.05. The van der Waals surface area contributed by atoms with Crippen LogP contribution in [-0.2, 0) is 22.2 Å². The Hall–Kier alpha value is -2.50. The van der Waals surface area contributed by atoms with Crippen molar-refractivity contribution in [3.63, 3.8) is 0 Å². The van der Waals surface area contributed by atoms with E-state index >= 15 is 0 Å². The highest BCUT2D eigenvalue weighted by Gasteiger charge is 2.36. The number of sulfone groups is 1. The van der Waals surface area contributed by atoms with Crippen LogP contribution >= 0.6 is 0 Å². The Labute approximate surface area is 184 Å². The molecule has 0 unspecified atom stereocenters. The number of hydrogen-bond acceptors (Lipinski definition) is 4. The van der Waals surface area contributed by atoms with Crippen LogP contribution in [0.15, 0.2) is 41.4 Å². The van der Waals surface area contributed by atoms with E-state index in [2.05, 4.69) is 4.98 Å². The molecule has 0 N–H and O–H groups in total. The van der Waals surface area contributed by atoms with E-state index in [9.17, 15) is 43.9 Å². The van der Waals surface area contributed by atoms with Gasteiger partial charge in [0, 0.05) is 12.6 Å². The minimum Gasteiger partial charge on any atom is -0.292 e. The van der Waals surface area contributed by atoms with Crippen molar-refractivity contribution in [2.45, 2.75) is 42.9 Å². The molecule has 1 aliphatic rings. The molecule has 180 valence electrons. The molecule has 0 amide bonds. The SMILES string of the molecule is O=C(CCC1CC(CS(=O)(=O)c2cc(F)cc(C(F)(F)F)c2)C1)c1ccc(C(F)(F)F)cn1.